The Morgan fingerprint density at radius 1 is 1.24 bits per heavy atom. The molecule has 5 atom stereocenters. The minimum absolute atomic E-state index is 0.326. The zero-order valence-electron chi connectivity index (χ0n) is 13.0. The lowest BCUT2D eigenvalue weighted by Gasteiger charge is -2.22. The molecule has 4 rings (SSSR count). The maximum absolute atomic E-state index is 5.46. The van der Waals surface area contributed by atoms with Crippen molar-refractivity contribution in [1.29, 1.82) is 0 Å². The summed E-state index contributed by atoms with van der Waals surface area (Å²) in [6.07, 6.45) is 9.07. The summed E-state index contributed by atoms with van der Waals surface area (Å²) in [7, 11) is 1.70. The Hall–Kier alpha value is -1.16. The van der Waals surface area contributed by atoms with Gasteiger partial charge in [-0.25, -0.2) is 4.98 Å². The van der Waals surface area contributed by atoms with Crippen molar-refractivity contribution in [2.45, 2.75) is 38.6 Å². The largest absolute Gasteiger partial charge is 0.480 e. The summed E-state index contributed by atoms with van der Waals surface area (Å²) in [6, 6.07) is 0.326. The van der Waals surface area contributed by atoms with Crippen LogP contribution in [0, 0.1) is 29.6 Å². The van der Waals surface area contributed by atoms with E-state index in [4.69, 9.17) is 4.74 Å². The molecule has 4 heteroatoms. The van der Waals surface area contributed by atoms with Crippen LogP contribution in [0.1, 0.15) is 44.3 Å². The molecular formula is C17H25N3O. The van der Waals surface area contributed by atoms with Gasteiger partial charge in [-0.1, -0.05) is 6.92 Å². The second-order valence-electron chi connectivity index (χ2n) is 6.95. The van der Waals surface area contributed by atoms with Gasteiger partial charge in [0, 0.05) is 12.4 Å². The van der Waals surface area contributed by atoms with E-state index >= 15 is 0 Å². The molecule has 4 nitrogen and oxygen atoms in total. The number of rotatable bonds is 6. The van der Waals surface area contributed by atoms with Crippen molar-refractivity contribution < 1.29 is 4.74 Å². The molecule has 3 fully saturated rings. The van der Waals surface area contributed by atoms with Crippen LogP contribution in [0.15, 0.2) is 12.4 Å². The molecule has 2 bridgehead atoms. The van der Waals surface area contributed by atoms with Gasteiger partial charge in [-0.3, -0.25) is 4.98 Å². The van der Waals surface area contributed by atoms with Crippen LogP contribution < -0.4 is 10.1 Å². The zero-order valence-corrected chi connectivity index (χ0v) is 13.0. The number of nitrogens with zero attached hydrogens (tertiary/aromatic N) is 2. The molecule has 0 aromatic carbocycles. The fourth-order valence-electron chi connectivity index (χ4n) is 5.26. The van der Waals surface area contributed by atoms with E-state index in [0.29, 0.717) is 11.9 Å². The smallest absolute Gasteiger partial charge is 0.237 e. The van der Waals surface area contributed by atoms with Crippen molar-refractivity contribution in [2.24, 2.45) is 29.6 Å². The van der Waals surface area contributed by atoms with Crippen molar-refractivity contribution in [3.63, 3.8) is 0 Å². The molecule has 0 spiro atoms. The monoisotopic (exact) mass is 287 g/mol. The summed E-state index contributed by atoms with van der Waals surface area (Å²) in [5, 5.41) is 3.74. The molecule has 21 heavy (non-hydrogen) atoms. The fourth-order valence-corrected chi connectivity index (χ4v) is 5.26. The average Bonchev–Trinajstić information content (AvgIpc) is 2.94. The van der Waals surface area contributed by atoms with Gasteiger partial charge < -0.3 is 10.1 Å². The molecule has 5 unspecified atom stereocenters. The molecule has 0 amide bonds. The summed E-state index contributed by atoms with van der Waals surface area (Å²) in [6.45, 7) is 3.26. The summed E-state index contributed by atoms with van der Waals surface area (Å²) < 4.78 is 5.46. The molecule has 1 aromatic heterocycles. The van der Waals surface area contributed by atoms with E-state index in [1.54, 1.807) is 19.5 Å². The third kappa shape index (κ3) is 2.07. The topological polar surface area (TPSA) is 47.0 Å². The lowest BCUT2D eigenvalue weighted by atomic mass is 9.95. The maximum atomic E-state index is 5.46. The van der Waals surface area contributed by atoms with E-state index in [2.05, 4.69) is 22.2 Å². The number of fused-ring (bicyclic) bond motifs is 5. The highest BCUT2D eigenvalue weighted by Gasteiger charge is 2.67. The quantitative estimate of drug-likeness (QED) is 0.874. The first-order chi connectivity index (χ1) is 10.3. The Kier molecular flexibility index (Phi) is 3.37. The van der Waals surface area contributed by atoms with Crippen LogP contribution in [0.4, 0.5) is 0 Å². The summed E-state index contributed by atoms with van der Waals surface area (Å²) in [5.74, 6) is 5.30. The number of hydrogen-bond acceptors (Lipinski definition) is 4. The first-order valence-electron chi connectivity index (χ1n) is 8.43. The van der Waals surface area contributed by atoms with Crippen LogP contribution in [0.5, 0.6) is 5.88 Å². The highest BCUT2D eigenvalue weighted by Crippen LogP contribution is 2.72. The molecule has 1 heterocycles. The molecule has 3 saturated carbocycles. The van der Waals surface area contributed by atoms with E-state index in [1.165, 1.54) is 19.3 Å². The van der Waals surface area contributed by atoms with Crippen LogP contribution >= 0.6 is 0 Å². The number of ether oxygens (including phenoxy) is 1. The molecule has 3 aliphatic rings. The Balaban J connectivity index is 1.61. The van der Waals surface area contributed by atoms with Gasteiger partial charge in [0.05, 0.1) is 13.2 Å². The van der Waals surface area contributed by atoms with Crippen LogP contribution in [-0.4, -0.2) is 23.6 Å². The van der Waals surface area contributed by atoms with Crippen molar-refractivity contribution in [2.75, 3.05) is 13.7 Å². The third-order valence-corrected chi connectivity index (χ3v) is 5.97. The van der Waals surface area contributed by atoms with E-state index in [-0.39, 0.29) is 0 Å². The maximum Gasteiger partial charge on any atom is 0.237 e. The van der Waals surface area contributed by atoms with Gasteiger partial charge in [-0.2, -0.15) is 0 Å². The second kappa shape index (κ2) is 5.24. The predicted octanol–water partition coefficient (Wildman–Crippen LogP) is 2.82. The van der Waals surface area contributed by atoms with Gasteiger partial charge in [0.25, 0.3) is 0 Å². The highest BCUT2D eigenvalue weighted by atomic mass is 16.5. The van der Waals surface area contributed by atoms with Gasteiger partial charge in [0.2, 0.25) is 5.88 Å². The van der Waals surface area contributed by atoms with Crippen molar-refractivity contribution in [3.05, 3.63) is 18.1 Å². The van der Waals surface area contributed by atoms with Gasteiger partial charge in [-0.05, 0) is 61.8 Å². The molecule has 0 aliphatic heterocycles. The average molecular weight is 287 g/mol. The minimum atomic E-state index is 0.326. The van der Waals surface area contributed by atoms with Gasteiger partial charge in [0.1, 0.15) is 5.69 Å². The molecular weight excluding hydrogens is 262 g/mol. The first kappa shape index (κ1) is 13.5. The molecule has 1 N–H and O–H groups in total. The van der Waals surface area contributed by atoms with Gasteiger partial charge >= 0.3 is 0 Å². The molecule has 114 valence electrons. The number of nitrogens with one attached hydrogen (secondary N) is 1. The summed E-state index contributed by atoms with van der Waals surface area (Å²) in [5.41, 5.74) is 1.02. The Morgan fingerprint density at radius 2 is 1.95 bits per heavy atom. The predicted molar refractivity (Wildman–Crippen MR) is 80.9 cm³/mol. The first-order valence-corrected chi connectivity index (χ1v) is 8.43. The molecule has 0 saturated heterocycles. The number of methoxy groups -OCH3 is 1. The fraction of sp³-hybridized carbons (Fsp3) is 0.765. The van der Waals surface area contributed by atoms with Crippen LogP contribution in [0.2, 0.25) is 0 Å². The lowest BCUT2D eigenvalue weighted by molar-refractivity contribution is 0.337. The van der Waals surface area contributed by atoms with Crippen LogP contribution in [0.3, 0.4) is 0 Å². The van der Waals surface area contributed by atoms with Crippen molar-refractivity contribution in [3.8, 4) is 5.88 Å². The summed E-state index contributed by atoms with van der Waals surface area (Å²) >= 11 is 0. The van der Waals surface area contributed by atoms with Crippen LogP contribution in [0.25, 0.3) is 0 Å². The lowest BCUT2D eigenvalue weighted by Crippen LogP contribution is -2.28. The van der Waals surface area contributed by atoms with E-state index in [1.807, 2.05) is 0 Å². The van der Waals surface area contributed by atoms with Gasteiger partial charge in [-0.15, -0.1) is 0 Å². The highest BCUT2D eigenvalue weighted by molar-refractivity contribution is 5.27. The van der Waals surface area contributed by atoms with Crippen molar-refractivity contribution in [1.82, 2.24) is 15.3 Å². The minimum Gasteiger partial charge on any atom is -0.480 e. The Labute approximate surface area is 126 Å². The van der Waals surface area contributed by atoms with E-state index in [0.717, 1.165) is 48.2 Å². The van der Waals surface area contributed by atoms with Crippen molar-refractivity contribution >= 4 is 0 Å². The second-order valence-corrected chi connectivity index (χ2v) is 6.95. The Bertz CT molecular complexity index is 505. The van der Waals surface area contributed by atoms with Crippen LogP contribution in [-0.2, 0) is 0 Å². The normalized spacial score (nSPS) is 37.3. The molecule has 1 aromatic rings. The van der Waals surface area contributed by atoms with E-state index < -0.39 is 0 Å². The standard InChI is InChI=1S/C17H25N3O/c1-3-6-18-15(16-17(21-2)20-8-7-19-16)14-12-10-4-5-11(9-10)13(12)14/h7-8,10-15,18H,3-6,9H2,1-2H3. The van der Waals surface area contributed by atoms with Gasteiger partial charge in [0.15, 0.2) is 0 Å². The number of hydrogen-bond donors (Lipinski definition) is 1. The SMILES string of the molecule is CCCNC(c1nccnc1OC)C1C2C3CCC(C3)C21. The third-order valence-electron chi connectivity index (χ3n) is 5.97. The number of aromatic nitrogens is 2. The molecule has 0 radical (unpaired) electrons. The molecule has 3 aliphatic carbocycles. The zero-order chi connectivity index (χ0) is 14.4. The van der Waals surface area contributed by atoms with E-state index in [9.17, 15) is 0 Å². The summed E-state index contributed by atoms with van der Waals surface area (Å²) in [4.78, 5) is 8.97. The Morgan fingerprint density at radius 3 is 2.62 bits per heavy atom.